The van der Waals surface area contributed by atoms with E-state index in [0.29, 0.717) is 10.9 Å². The first kappa shape index (κ1) is 13.6. The zero-order chi connectivity index (χ0) is 12.3. The molecule has 0 saturated heterocycles. The Morgan fingerprint density at radius 1 is 1.56 bits per heavy atom. The number of hydrogen-bond donors (Lipinski definition) is 2. The summed E-state index contributed by atoms with van der Waals surface area (Å²) in [6, 6.07) is 4.44. The molecule has 0 spiro atoms. The highest BCUT2D eigenvalue weighted by Crippen LogP contribution is 2.35. The van der Waals surface area contributed by atoms with Crippen LogP contribution in [-0.4, -0.2) is 17.8 Å². The molecule has 90 valence electrons. The molecule has 0 fully saturated rings. The molecule has 0 amide bonds. The quantitative estimate of drug-likeness (QED) is 0.895. The van der Waals surface area contributed by atoms with Crippen LogP contribution in [0, 0.1) is 5.82 Å². The Labute approximate surface area is 104 Å². The Morgan fingerprint density at radius 2 is 2.19 bits per heavy atom. The maximum Gasteiger partial charge on any atom is 0.124 e. The fourth-order valence-corrected chi connectivity index (χ4v) is 2.60. The number of aliphatic hydroxyl groups is 1. The lowest BCUT2D eigenvalue weighted by molar-refractivity contribution is 0.229. The zero-order valence-corrected chi connectivity index (χ0v) is 11.1. The summed E-state index contributed by atoms with van der Waals surface area (Å²) in [7, 11) is 0. The van der Waals surface area contributed by atoms with Crippen LogP contribution in [0.25, 0.3) is 0 Å². The standard InChI is InChI=1S/C12H17BrFNO/c1-8(15)12(2,5-6-16)10-4-3-9(14)7-11(10)13/h3-4,7-8,16H,5-6,15H2,1-2H3. The van der Waals surface area contributed by atoms with Crippen LogP contribution in [0.2, 0.25) is 0 Å². The van der Waals surface area contributed by atoms with Gasteiger partial charge in [-0.1, -0.05) is 28.9 Å². The first-order chi connectivity index (χ1) is 7.41. The third-order valence-corrected chi connectivity index (χ3v) is 3.84. The molecule has 0 bridgehead atoms. The fraction of sp³-hybridized carbons (Fsp3) is 0.500. The van der Waals surface area contributed by atoms with E-state index in [9.17, 15) is 4.39 Å². The number of halogens is 2. The van der Waals surface area contributed by atoms with Crippen molar-refractivity contribution in [3.63, 3.8) is 0 Å². The zero-order valence-electron chi connectivity index (χ0n) is 9.50. The largest absolute Gasteiger partial charge is 0.396 e. The van der Waals surface area contributed by atoms with E-state index in [4.69, 9.17) is 10.8 Å². The van der Waals surface area contributed by atoms with E-state index in [1.54, 1.807) is 6.07 Å². The molecule has 0 aliphatic rings. The maximum absolute atomic E-state index is 13.0. The minimum Gasteiger partial charge on any atom is -0.396 e. The van der Waals surface area contributed by atoms with Crippen LogP contribution in [-0.2, 0) is 5.41 Å². The summed E-state index contributed by atoms with van der Waals surface area (Å²) in [4.78, 5) is 0. The molecule has 0 saturated carbocycles. The number of hydrogen-bond acceptors (Lipinski definition) is 2. The monoisotopic (exact) mass is 289 g/mol. The Hall–Kier alpha value is -0.450. The van der Waals surface area contributed by atoms with Gasteiger partial charge in [0.1, 0.15) is 5.82 Å². The van der Waals surface area contributed by atoms with Crippen molar-refractivity contribution in [3.8, 4) is 0 Å². The molecule has 1 aromatic carbocycles. The van der Waals surface area contributed by atoms with Crippen molar-refractivity contribution in [3.05, 3.63) is 34.1 Å². The van der Waals surface area contributed by atoms with E-state index >= 15 is 0 Å². The third-order valence-electron chi connectivity index (χ3n) is 3.18. The van der Waals surface area contributed by atoms with Crippen molar-refractivity contribution in [2.45, 2.75) is 31.7 Å². The average molecular weight is 290 g/mol. The molecule has 2 atom stereocenters. The first-order valence-electron chi connectivity index (χ1n) is 5.24. The summed E-state index contributed by atoms with van der Waals surface area (Å²) in [5.41, 5.74) is 6.54. The second-order valence-corrected chi connectivity index (χ2v) is 5.16. The molecular formula is C12H17BrFNO. The Morgan fingerprint density at radius 3 is 2.62 bits per heavy atom. The highest BCUT2D eigenvalue weighted by atomic mass is 79.9. The molecule has 1 aromatic rings. The molecule has 16 heavy (non-hydrogen) atoms. The predicted octanol–water partition coefficient (Wildman–Crippen LogP) is 2.58. The summed E-state index contributed by atoms with van der Waals surface area (Å²) in [5, 5.41) is 9.11. The molecule has 0 heterocycles. The van der Waals surface area contributed by atoms with Crippen molar-refractivity contribution in [1.82, 2.24) is 0 Å². The molecule has 3 N–H and O–H groups in total. The molecule has 0 aliphatic heterocycles. The smallest absolute Gasteiger partial charge is 0.124 e. The van der Waals surface area contributed by atoms with Gasteiger partial charge in [-0.25, -0.2) is 4.39 Å². The van der Waals surface area contributed by atoms with Crippen molar-refractivity contribution < 1.29 is 9.50 Å². The van der Waals surface area contributed by atoms with E-state index in [-0.39, 0.29) is 23.9 Å². The minimum absolute atomic E-state index is 0.0574. The maximum atomic E-state index is 13.0. The van der Waals surface area contributed by atoms with Gasteiger partial charge in [0.15, 0.2) is 0 Å². The van der Waals surface area contributed by atoms with Gasteiger partial charge in [0.2, 0.25) is 0 Å². The van der Waals surface area contributed by atoms with Crippen molar-refractivity contribution in [2.24, 2.45) is 5.73 Å². The lowest BCUT2D eigenvalue weighted by atomic mass is 9.74. The van der Waals surface area contributed by atoms with Gasteiger partial charge in [0, 0.05) is 22.5 Å². The van der Waals surface area contributed by atoms with Gasteiger partial charge in [-0.2, -0.15) is 0 Å². The summed E-state index contributed by atoms with van der Waals surface area (Å²) in [5.74, 6) is -0.286. The number of benzene rings is 1. The van der Waals surface area contributed by atoms with E-state index in [0.717, 1.165) is 5.56 Å². The van der Waals surface area contributed by atoms with Crippen LogP contribution < -0.4 is 5.73 Å². The second kappa shape index (κ2) is 5.25. The van der Waals surface area contributed by atoms with Crippen LogP contribution in [0.15, 0.2) is 22.7 Å². The summed E-state index contributed by atoms with van der Waals surface area (Å²) < 4.78 is 13.7. The number of rotatable bonds is 4. The van der Waals surface area contributed by atoms with Crippen molar-refractivity contribution in [2.75, 3.05) is 6.61 Å². The highest BCUT2D eigenvalue weighted by Gasteiger charge is 2.32. The van der Waals surface area contributed by atoms with Crippen molar-refractivity contribution in [1.29, 1.82) is 0 Å². The van der Waals surface area contributed by atoms with Crippen molar-refractivity contribution >= 4 is 15.9 Å². The van der Waals surface area contributed by atoms with Crippen LogP contribution in [0.3, 0.4) is 0 Å². The Kier molecular flexibility index (Phi) is 4.47. The summed E-state index contributed by atoms with van der Waals surface area (Å²) in [6.45, 7) is 3.93. The second-order valence-electron chi connectivity index (χ2n) is 4.30. The minimum atomic E-state index is -0.360. The SMILES string of the molecule is CC(N)C(C)(CCO)c1ccc(F)cc1Br. The van der Waals surface area contributed by atoms with Crippen LogP contribution >= 0.6 is 15.9 Å². The highest BCUT2D eigenvalue weighted by molar-refractivity contribution is 9.10. The van der Waals surface area contributed by atoms with E-state index in [2.05, 4.69) is 15.9 Å². The molecule has 2 nitrogen and oxygen atoms in total. The van der Waals surface area contributed by atoms with E-state index < -0.39 is 0 Å². The topological polar surface area (TPSA) is 46.2 Å². The van der Waals surface area contributed by atoms with Gasteiger partial charge < -0.3 is 10.8 Å². The third kappa shape index (κ3) is 2.62. The average Bonchev–Trinajstić information content (AvgIpc) is 2.17. The Bertz CT molecular complexity index is 370. The summed E-state index contributed by atoms with van der Waals surface area (Å²) in [6.07, 6.45) is 0.550. The molecule has 2 unspecified atom stereocenters. The van der Waals surface area contributed by atoms with Crippen LogP contribution in [0.1, 0.15) is 25.8 Å². The molecule has 4 heteroatoms. The summed E-state index contributed by atoms with van der Waals surface area (Å²) >= 11 is 3.34. The molecule has 0 aromatic heterocycles. The van der Waals surface area contributed by atoms with Gasteiger partial charge in [-0.3, -0.25) is 0 Å². The Balaban J connectivity index is 3.21. The van der Waals surface area contributed by atoms with Gasteiger partial charge >= 0.3 is 0 Å². The van der Waals surface area contributed by atoms with Gasteiger partial charge in [0.25, 0.3) is 0 Å². The number of nitrogens with two attached hydrogens (primary N) is 1. The molecule has 0 aliphatic carbocycles. The molecule has 1 rings (SSSR count). The molecule has 0 radical (unpaired) electrons. The van der Waals surface area contributed by atoms with Crippen LogP contribution in [0.4, 0.5) is 4.39 Å². The number of aliphatic hydroxyl groups excluding tert-OH is 1. The first-order valence-corrected chi connectivity index (χ1v) is 6.03. The normalized spacial score (nSPS) is 16.9. The van der Waals surface area contributed by atoms with Crippen LogP contribution in [0.5, 0.6) is 0 Å². The van der Waals surface area contributed by atoms with Gasteiger partial charge in [-0.05, 0) is 31.0 Å². The van der Waals surface area contributed by atoms with Gasteiger partial charge in [-0.15, -0.1) is 0 Å². The lowest BCUT2D eigenvalue weighted by Crippen LogP contribution is -2.42. The van der Waals surface area contributed by atoms with E-state index in [1.165, 1.54) is 12.1 Å². The van der Waals surface area contributed by atoms with E-state index in [1.807, 2.05) is 13.8 Å². The predicted molar refractivity (Wildman–Crippen MR) is 66.8 cm³/mol. The van der Waals surface area contributed by atoms with Gasteiger partial charge in [0.05, 0.1) is 0 Å². The fourth-order valence-electron chi connectivity index (χ4n) is 1.79. The lowest BCUT2D eigenvalue weighted by Gasteiger charge is -2.34. The molecular weight excluding hydrogens is 273 g/mol.